The summed E-state index contributed by atoms with van der Waals surface area (Å²) in [4.78, 5) is 0. The first-order chi connectivity index (χ1) is 9.65. The summed E-state index contributed by atoms with van der Waals surface area (Å²) in [5.41, 5.74) is 1.39. The van der Waals surface area contributed by atoms with Crippen molar-refractivity contribution in [2.45, 2.75) is 13.2 Å². The van der Waals surface area contributed by atoms with E-state index in [0.717, 1.165) is 0 Å². The maximum atomic E-state index is 9.32. The van der Waals surface area contributed by atoms with E-state index in [1.807, 2.05) is 0 Å². The fourth-order valence-corrected chi connectivity index (χ4v) is 2.25. The third kappa shape index (κ3) is 3.37. The number of methoxy groups -OCH3 is 1. The molecule has 0 heterocycles. The predicted octanol–water partition coefficient (Wildman–Crippen LogP) is 4.07. The highest BCUT2D eigenvalue weighted by molar-refractivity contribution is 6.35. The maximum absolute atomic E-state index is 9.32. The first-order valence-electron chi connectivity index (χ1n) is 5.99. The van der Waals surface area contributed by atoms with Crippen LogP contribution in [-0.2, 0) is 13.2 Å². The number of rotatable bonds is 5. The lowest BCUT2D eigenvalue weighted by Gasteiger charge is -2.13. The lowest BCUT2D eigenvalue weighted by Crippen LogP contribution is -2.00. The van der Waals surface area contributed by atoms with Gasteiger partial charge in [-0.1, -0.05) is 29.3 Å². The molecule has 3 nitrogen and oxygen atoms in total. The molecule has 2 rings (SSSR count). The van der Waals surface area contributed by atoms with E-state index in [-0.39, 0.29) is 13.2 Å². The number of hydrogen-bond acceptors (Lipinski definition) is 3. The van der Waals surface area contributed by atoms with E-state index in [1.54, 1.807) is 43.5 Å². The van der Waals surface area contributed by atoms with Crippen LogP contribution < -0.4 is 9.47 Å². The van der Waals surface area contributed by atoms with E-state index in [0.29, 0.717) is 32.7 Å². The Hall–Kier alpha value is -1.42. The Kier molecular flexibility index (Phi) is 5.12. The lowest BCUT2D eigenvalue weighted by atomic mass is 10.2. The second-order valence-electron chi connectivity index (χ2n) is 4.12. The molecule has 0 aromatic heterocycles. The minimum atomic E-state index is -0.115. The molecule has 0 amide bonds. The van der Waals surface area contributed by atoms with Crippen LogP contribution in [0.25, 0.3) is 0 Å². The molecule has 1 N–H and O–H groups in total. The zero-order chi connectivity index (χ0) is 14.5. The van der Waals surface area contributed by atoms with Gasteiger partial charge in [-0.3, -0.25) is 0 Å². The van der Waals surface area contributed by atoms with Crippen LogP contribution in [0.3, 0.4) is 0 Å². The van der Waals surface area contributed by atoms with Crippen molar-refractivity contribution in [3.8, 4) is 11.5 Å². The zero-order valence-corrected chi connectivity index (χ0v) is 12.4. The number of hydrogen-bond donors (Lipinski definition) is 1. The molecule has 0 aliphatic rings. The number of halogens is 2. The highest BCUT2D eigenvalue weighted by Crippen LogP contribution is 2.29. The molecule has 0 atom stereocenters. The second-order valence-corrected chi connectivity index (χ2v) is 4.94. The molecule has 0 fully saturated rings. The molecule has 0 bridgehead atoms. The maximum Gasteiger partial charge on any atom is 0.129 e. The van der Waals surface area contributed by atoms with Gasteiger partial charge in [-0.15, -0.1) is 0 Å². The molecular weight excluding hydrogens is 299 g/mol. The van der Waals surface area contributed by atoms with Crippen LogP contribution in [0.15, 0.2) is 36.4 Å². The van der Waals surface area contributed by atoms with Crippen molar-refractivity contribution in [2.75, 3.05) is 7.11 Å². The van der Waals surface area contributed by atoms with Crippen LogP contribution in [0.5, 0.6) is 11.5 Å². The van der Waals surface area contributed by atoms with Crippen molar-refractivity contribution in [3.05, 3.63) is 57.6 Å². The average Bonchev–Trinajstić information content (AvgIpc) is 2.46. The highest BCUT2D eigenvalue weighted by Gasteiger charge is 2.09. The Morgan fingerprint density at radius 1 is 1.10 bits per heavy atom. The standard InChI is InChI=1S/C15H14Cl2O3/c1-19-11-6-5-10(8-18)15(7-11)20-9-12-13(16)3-2-4-14(12)17/h2-7,18H,8-9H2,1H3. The van der Waals surface area contributed by atoms with Crippen molar-refractivity contribution < 1.29 is 14.6 Å². The molecule has 0 unspecified atom stereocenters. The molecule has 0 saturated carbocycles. The van der Waals surface area contributed by atoms with Gasteiger partial charge >= 0.3 is 0 Å². The van der Waals surface area contributed by atoms with Crippen LogP contribution in [0, 0.1) is 0 Å². The van der Waals surface area contributed by atoms with Gasteiger partial charge < -0.3 is 14.6 Å². The Labute approximate surface area is 127 Å². The van der Waals surface area contributed by atoms with Gasteiger partial charge in [0.05, 0.1) is 13.7 Å². The SMILES string of the molecule is COc1ccc(CO)c(OCc2c(Cl)cccc2Cl)c1. The van der Waals surface area contributed by atoms with Crippen molar-refractivity contribution >= 4 is 23.2 Å². The molecule has 2 aromatic rings. The first kappa shape index (κ1) is 15.0. The number of ether oxygens (including phenoxy) is 2. The van der Waals surface area contributed by atoms with Gasteiger partial charge in [-0.25, -0.2) is 0 Å². The Balaban J connectivity index is 2.22. The van der Waals surface area contributed by atoms with E-state index in [9.17, 15) is 5.11 Å². The topological polar surface area (TPSA) is 38.7 Å². The van der Waals surface area contributed by atoms with Crippen LogP contribution in [0.1, 0.15) is 11.1 Å². The van der Waals surface area contributed by atoms with Gasteiger partial charge in [0, 0.05) is 27.2 Å². The van der Waals surface area contributed by atoms with Crippen molar-refractivity contribution in [2.24, 2.45) is 0 Å². The Morgan fingerprint density at radius 3 is 2.40 bits per heavy atom. The second kappa shape index (κ2) is 6.84. The summed E-state index contributed by atoms with van der Waals surface area (Å²) in [5.74, 6) is 1.20. The van der Waals surface area contributed by atoms with Crippen molar-refractivity contribution in [1.82, 2.24) is 0 Å². The minimum absolute atomic E-state index is 0.115. The largest absolute Gasteiger partial charge is 0.497 e. The molecule has 0 spiro atoms. The van der Waals surface area contributed by atoms with Crippen molar-refractivity contribution in [3.63, 3.8) is 0 Å². The van der Waals surface area contributed by atoms with E-state index in [2.05, 4.69) is 0 Å². The van der Waals surface area contributed by atoms with E-state index >= 15 is 0 Å². The van der Waals surface area contributed by atoms with Crippen LogP contribution in [-0.4, -0.2) is 12.2 Å². The van der Waals surface area contributed by atoms with E-state index in [4.69, 9.17) is 32.7 Å². The monoisotopic (exact) mass is 312 g/mol. The summed E-state index contributed by atoms with van der Waals surface area (Å²) in [6, 6.07) is 10.5. The molecule has 0 radical (unpaired) electrons. The fourth-order valence-electron chi connectivity index (χ4n) is 1.75. The molecule has 0 aliphatic heterocycles. The molecule has 0 aliphatic carbocycles. The lowest BCUT2D eigenvalue weighted by molar-refractivity contribution is 0.258. The van der Waals surface area contributed by atoms with Gasteiger partial charge in [0.1, 0.15) is 18.1 Å². The van der Waals surface area contributed by atoms with Crippen LogP contribution in [0.2, 0.25) is 10.0 Å². The highest BCUT2D eigenvalue weighted by atomic mass is 35.5. The van der Waals surface area contributed by atoms with E-state index in [1.165, 1.54) is 0 Å². The van der Waals surface area contributed by atoms with E-state index < -0.39 is 0 Å². The zero-order valence-electron chi connectivity index (χ0n) is 10.9. The summed E-state index contributed by atoms with van der Waals surface area (Å²) in [7, 11) is 1.57. The fraction of sp³-hybridized carbons (Fsp3) is 0.200. The van der Waals surface area contributed by atoms with Gasteiger partial charge in [0.2, 0.25) is 0 Å². The van der Waals surface area contributed by atoms with Gasteiger partial charge in [-0.05, 0) is 24.3 Å². The molecule has 5 heteroatoms. The first-order valence-corrected chi connectivity index (χ1v) is 6.74. The van der Waals surface area contributed by atoms with Crippen LogP contribution >= 0.6 is 23.2 Å². The molecule has 106 valence electrons. The third-order valence-corrected chi connectivity index (χ3v) is 3.59. The summed E-state index contributed by atoms with van der Waals surface area (Å²) >= 11 is 12.2. The normalized spacial score (nSPS) is 10.4. The smallest absolute Gasteiger partial charge is 0.129 e. The minimum Gasteiger partial charge on any atom is -0.497 e. The Bertz CT molecular complexity index is 579. The van der Waals surface area contributed by atoms with Crippen molar-refractivity contribution in [1.29, 1.82) is 0 Å². The van der Waals surface area contributed by atoms with Gasteiger partial charge in [-0.2, -0.15) is 0 Å². The molecular formula is C15H14Cl2O3. The average molecular weight is 313 g/mol. The van der Waals surface area contributed by atoms with Gasteiger partial charge in [0.15, 0.2) is 0 Å². The third-order valence-electron chi connectivity index (χ3n) is 2.88. The number of aliphatic hydroxyl groups excluding tert-OH is 1. The van der Waals surface area contributed by atoms with Crippen LogP contribution in [0.4, 0.5) is 0 Å². The number of benzene rings is 2. The molecule has 2 aromatic carbocycles. The Morgan fingerprint density at radius 2 is 1.80 bits per heavy atom. The molecule has 0 saturated heterocycles. The number of aliphatic hydroxyl groups is 1. The molecule has 20 heavy (non-hydrogen) atoms. The summed E-state index contributed by atoms with van der Waals surface area (Å²) < 4.78 is 10.8. The van der Waals surface area contributed by atoms with Gasteiger partial charge in [0.25, 0.3) is 0 Å². The summed E-state index contributed by atoms with van der Waals surface area (Å²) in [6.45, 7) is 0.105. The summed E-state index contributed by atoms with van der Waals surface area (Å²) in [6.07, 6.45) is 0. The quantitative estimate of drug-likeness (QED) is 0.904. The predicted molar refractivity (Wildman–Crippen MR) is 79.7 cm³/mol. The summed E-state index contributed by atoms with van der Waals surface area (Å²) in [5, 5.41) is 10.4.